The molecule has 0 spiro atoms. The van der Waals surface area contributed by atoms with Crippen molar-refractivity contribution in [1.29, 1.82) is 0 Å². The fourth-order valence-electron chi connectivity index (χ4n) is 3.03. The first-order chi connectivity index (χ1) is 12.6. The van der Waals surface area contributed by atoms with Crippen LogP contribution in [-0.4, -0.2) is 45.6 Å². The minimum absolute atomic E-state index is 0.145. The van der Waals surface area contributed by atoms with Gasteiger partial charge in [-0.2, -0.15) is 5.10 Å². The summed E-state index contributed by atoms with van der Waals surface area (Å²) in [6.07, 6.45) is 1.64. The lowest BCUT2D eigenvalue weighted by Crippen LogP contribution is -2.33. The molecule has 7 heteroatoms. The number of hydrogen-bond donors (Lipinski definition) is 0. The van der Waals surface area contributed by atoms with Gasteiger partial charge in [0.25, 0.3) is 11.8 Å². The molecule has 0 unspecified atom stereocenters. The van der Waals surface area contributed by atoms with E-state index in [9.17, 15) is 14.4 Å². The van der Waals surface area contributed by atoms with Crippen LogP contribution in [-0.2, 0) is 17.7 Å². The number of aryl methyl sites for hydroxylation is 1. The first kappa shape index (κ1) is 17.8. The van der Waals surface area contributed by atoms with Gasteiger partial charge in [0.05, 0.1) is 30.0 Å². The number of carbonyl (C=O) groups is 3. The van der Waals surface area contributed by atoms with Crippen LogP contribution in [0, 0.1) is 0 Å². The molecule has 1 aromatic heterocycles. The number of esters is 1. The van der Waals surface area contributed by atoms with E-state index in [-0.39, 0.29) is 31.5 Å². The van der Waals surface area contributed by atoms with Gasteiger partial charge in [-0.3, -0.25) is 19.2 Å². The predicted molar refractivity (Wildman–Crippen MR) is 94.0 cm³/mol. The Morgan fingerprint density at radius 1 is 1.08 bits per heavy atom. The molecule has 0 saturated heterocycles. The standard InChI is InChI=1S/C19H21N3O4/c1-3-7-13-12-16(19(25)26-4-2)22(20-13)11-10-21-17(23)14-8-5-6-9-15(14)18(21)24/h5-6,8-9,12H,3-4,7,10-11H2,1-2H3. The van der Waals surface area contributed by atoms with Crippen molar-refractivity contribution in [3.63, 3.8) is 0 Å². The van der Waals surface area contributed by atoms with E-state index in [1.165, 1.54) is 9.58 Å². The second-order valence-corrected chi connectivity index (χ2v) is 6.02. The molecule has 1 aromatic carbocycles. The smallest absolute Gasteiger partial charge is 0.356 e. The molecule has 2 aromatic rings. The Bertz CT molecular complexity index is 821. The van der Waals surface area contributed by atoms with E-state index in [1.54, 1.807) is 37.3 Å². The molecule has 26 heavy (non-hydrogen) atoms. The Labute approximate surface area is 151 Å². The summed E-state index contributed by atoms with van der Waals surface area (Å²) in [7, 11) is 0. The molecule has 0 fully saturated rings. The van der Waals surface area contributed by atoms with Crippen molar-refractivity contribution in [2.45, 2.75) is 33.2 Å². The van der Waals surface area contributed by atoms with E-state index < -0.39 is 5.97 Å². The van der Waals surface area contributed by atoms with Gasteiger partial charge >= 0.3 is 5.97 Å². The first-order valence-corrected chi connectivity index (χ1v) is 8.75. The number of hydrogen-bond acceptors (Lipinski definition) is 5. The van der Waals surface area contributed by atoms with E-state index in [4.69, 9.17) is 4.74 Å². The molecule has 2 amide bonds. The summed E-state index contributed by atoms with van der Waals surface area (Å²) in [6.45, 7) is 4.42. The van der Waals surface area contributed by atoms with Crippen molar-refractivity contribution < 1.29 is 19.1 Å². The topological polar surface area (TPSA) is 81.5 Å². The van der Waals surface area contributed by atoms with Gasteiger partial charge in [0.1, 0.15) is 5.69 Å². The van der Waals surface area contributed by atoms with Gasteiger partial charge in [-0.25, -0.2) is 4.79 Å². The molecule has 7 nitrogen and oxygen atoms in total. The summed E-state index contributed by atoms with van der Waals surface area (Å²) in [5, 5.41) is 4.43. The molecule has 3 rings (SSSR count). The molecule has 2 heterocycles. The van der Waals surface area contributed by atoms with E-state index in [2.05, 4.69) is 5.10 Å². The van der Waals surface area contributed by atoms with Gasteiger partial charge in [-0.05, 0) is 31.5 Å². The number of carbonyl (C=O) groups excluding carboxylic acids is 3. The Morgan fingerprint density at radius 2 is 1.73 bits per heavy atom. The minimum atomic E-state index is -0.454. The van der Waals surface area contributed by atoms with E-state index in [1.807, 2.05) is 6.92 Å². The zero-order valence-corrected chi connectivity index (χ0v) is 14.9. The molecule has 1 aliphatic heterocycles. The number of amides is 2. The third-order valence-corrected chi connectivity index (χ3v) is 4.23. The summed E-state index contributed by atoms with van der Waals surface area (Å²) in [4.78, 5) is 38.2. The molecule has 0 bridgehead atoms. The van der Waals surface area contributed by atoms with Crippen molar-refractivity contribution in [3.05, 3.63) is 52.8 Å². The lowest BCUT2D eigenvalue weighted by Gasteiger charge is -2.14. The number of nitrogens with zero attached hydrogens (tertiary/aromatic N) is 3. The van der Waals surface area contributed by atoms with Crippen LogP contribution in [0.3, 0.4) is 0 Å². The molecule has 1 aliphatic rings. The summed E-state index contributed by atoms with van der Waals surface area (Å²) < 4.78 is 6.60. The number of rotatable bonds is 7. The van der Waals surface area contributed by atoms with Gasteiger partial charge in [-0.1, -0.05) is 25.5 Å². The van der Waals surface area contributed by atoms with Gasteiger partial charge in [0.15, 0.2) is 0 Å². The molecular formula is C19H21N3O4. The third-order valence-electron chi connectivity index (χ3n) is 4.23. The number of fused-ring (bicyclic) bond motifs is 1. The second-order valence-electron chi connectivity index (χ2n) is 6.02. The van der Waals surface area contributed by atoms with Crippen molar-refractivity contribution in [2.75, 3.05) is 13.2 Å². The third kappa shape index (κ3) is 3.24. The van der Waals surface area contributed by atoms with Gasteiger partial charge in [-0.15, -0.1) is 0 Å². The van der Waals surface area contributed by atoms with Crippen LogP contribution in [0.2, 0.25) is 0 Å². The molecular weight excluding hydrogens is 334 g/mol. The minimum Gasteiger partial charge on any atom is -0.461 e. The highest BCUT2D eigenvalue weighted by Gasteiger charge is 2.35. The zero-order valence-electron chi connectivity index (χ0n) is 14.9. The Kier molecular flexibility index (Phi) is 5.16. The Balaban J connectivity index is 1.78. The highest BCUT2D eigenvalue weighted by Crippen LogP contribution is 2.22. The summed E-state index contributed by atoms with van der Waals surface area (Å²) in [5.74, 6) is -1.09. The van der Waals surface area contributed by atoms with Crippen LogP contribution in [0.5, 0.6) is 0 Å². The maximum Gasteiger partial charge on any atom is 0.356 e. The highest BCUT2D eigenvalue weighted by molar-refractivity contribution is 6.21. The molecule has 0 aliphatic carbocycles. The normalized spacial score (nSPS) is 13.2. The van der Waals surface area contributed by atoms with Crippen LogP contribution in [0.15, 0.2) is 30.3 Å². The van der Waals surface area contributed by atoms with E-state index in [0.717, 1.165) is 18.5 Å². The van der Waals surface area contributed by atoms with E-state index in [0.29, 0.717) is 16.8 Å². The first-order valence-electron chi connectivity index (χ1n) is 8.75. The average Bonchev–Trinajstić information content (AvgIpc) is 3.14. The molecule has 0 saturated carbocycles. The average molecular weight is 355 g/mol. The summed E-state index contributed by atoms with van der Waals surface area (Å²) >= 11 is 0. The predicted octanol–water partition coefficient (Wildman–Crippen LogP) is 2.31. The number of benzene rings is 1. The van der Waals surface area contributed by atoms with Crippen LogP contribution >= 0.6 is 0 Å². The monoisotopic (exact) mass is 355 g/mol. The number of aromatic nitrogens is 2. The molecule has 136 valence electrons. The van der Waals surface area contributed by atoms with Gasteiger partial charge < -0.3 is 4.74 Å². The fourth-order valence-corrected chi connectivity index (χ4v) is 3.03. The van der Waals surface area contributed by atoms with Gasteiger partial charge in [0, 0.05) is 6.54 Å². The fraction of sp³-hybridized carbons (Fsp3) is 0.368. The lowest BCUT2D eigenvalue weighted by atomic mass is 10.1. The second kappa shape index (κ2) is 7.51. The van der Waals surface area contributed by atoms with Crippen molar-refractivity contribution in [3.8, 4) is 0 Å². The number of imide groups is 1. The maximum atomic E-state index is 12.4. The summed E-state index contributed by atoms with van der Waals surface area (Å²) in [6, 6.07) is 8.47. The molecule has 0 atom stereocenters. The van der Waals surface area contributed by atoms with Crippen LogP contribution in [0.1, 0.15) is 57.2 Å². The maximum absolute atomic E-state index is 12.4. The quantitative estimate of drug-likeness (QED) is 0.562. The molecule has 0 N–H and O–H groups in total. The van der Waals surface area contributed by atoms with Crippen LogP contribution in [0.25, 0.3) is 0 Å². The van der Waals surface area contributed by atoms with E-state index >= 15 is 0 Å². The van der Waals surface area contributed by atoms with Crippen molar-refractivity contribution in [2.24, 2.45) is 0 Å². The zero-order chi connectivity index (χ0) is 18.7. The SMILES string of the molecule is CCCc1cc(C(=O)OCC)n(CCN2C(=O)c3ccccc3C2=O)n1. The van der Waals surface area contributed by atoms with Gasteiger partial charge in [0.2, 0.25) is 0 Å². The molecule has 0 radical (unpaired) electrons. The Morgan fingerprint density at radius 3 is 2.31 bits per heavy atom. The van der Waals surface area contributed by atoms with Crippen molar-refractivity contribution >= 4 is 17.8 Å². The van der Waals surface area contributed by atoms with Crippen LogP contribution in [0.4, 0.5) is 0 Å². The Hall–Kier alpha value is -2.96. The number of ether oxygens (including phenoxy) is 1. The highest BCUT2D eigenvalue weighted by atomic mass is 16.5. The van der Waals surface area contributed by atoms with Crippen LogP contribution < -0.4 is 0 Å². The summed E-state index contributed by atoms with van der Waals surface area (Å²) in [5.41, 5.74) is 1.95. The largest absolute Gasteiger partial charge is 0.461 e. The van der Waals surface area contributed by atoms with Crippen molar-refractivity contribution in [1.82, 2.24) is 14.7 Å². The lowest BCUT2D eigenvalue weighted by molar-refractivity contribution is 0.0511.